The first kappa shape index (κ1) is 16.9. The Hall–Kier alpha value is -3.48. The first-order valence-electron chi connectivity index (χ1n) is 7.06. The second-order valence-electron chi connectivity index (χ2n) is 4.96. The van der Waals surface area contributed by atoms with Gasteiger partial charge in [0.15, 0.2) is 0 Å². The van der Waals surface area contributed by atoms with Crippen LogP contribution in [0.1, 0.15) is 21.5 Å². The zero-order chi connectivity index (χ0) is 17.5. The van der Waals surface area contributed by atoms with Crippen molar-refractivity contribution in [3.8, 4) is 0 Å². The average Bonchev–Trinajstić information content (AvgIpc) is 2.59. The van der Waals surface area contributed by atoms with Crippen molar-refractivity contribution in [1.82, 2.24) is 10.9 Å². The summed E-state index contributed by atoms with van der Waals surface area (Å²) in [7, 11) is 0. The van der Waals surface area contributed by atoms with Gasteiger partial charge in [-0.3, -0.25) is 30.6 Å². The minimum atomic E-state index is -0.764. The Balaban J connectivity index is 1.95. The topological polar surface area (TPSA) is 101 Å². The zero-order valence-corrected chi connectivity index (χ0v) is 12.9. The highest BCUT2D eigenvalue weighted by molar-refractivity contribution is 6.00. The van der Waals surface area contributed by atoms with Gasteiger partial charge in [0.2, 0.25) is 0 Å². The first-order chi connectivity index (χ1) is 11.5. The fraction of sp³-hybridized carbons (Fsp3) is 0.0588. The fourth-order valence-electron chi connectivity index (χ4n) is 1.90. The summed E-state index contributed by atoms with van der Waals surface area (Å²) < 4.78 is 0. The van der Waals surface area contributed by atoms with Crippen LogP contribution in [0, 0.1) is 17.0 Å². The van der Waals surface area contributed by atoms with Crippen LogP contribution in [0.3, 0.4) is 0 Å². The zero-order valence-electron chi connectivity index (χ0n) is 12.9. The van der Waals surface area contributed by atoms with E-state index in [0.29, 0.717) is 0 Å². The van der Waals surface area contributed by atoms with Gasteiger partial charge in [-0.2, -0.15) is 0 Å². The van der Waals surface area contributed by atoms with Crippen LogP contribution in [-0.4, -0.2) is 16.7 Å². The molecule has 2 aromatic carbocycles. The predicted molar refractivity (Wildman–Crippen MR) is 88.9 cm³/mol. The molecule has 0 aliphatic heterocycles. The molecule has 0 unspecified atom stereocenters. The van der Waals surface area contributed by atoms with Crippen molar-refractivity contribution < 1.29 is 14.5 Å². The maximum Gasteiger partial charge on any atom is 0.282 e. The van der Waals surface area contributed by atoms with Crippen LogP contribution in [-0.2, 0) is 4.79 Å². The summed E-state index contributed by atoms with van der Waals surface area (Å²) in [5.74, 6) is -1.32. The number of nitrogens with one attached hydrogen (secondary N) is 2. The Labute approximate surface area is 138 Å². The van der Waals surface area contributed by atoms with Crippen molar-refractivity contribution in [1.29, 1.82) is 0 Å². The first-order valence-corrected chi connectivity index (χ1v) is 7.06. The predicted octanol–water partition coefficient (Wildman–Crippen LogP) is 2.38. The molecule has 0 fully saturated rings. The van der Waals surface area contributed by atoms with Gasteiger partial charge < -0.3 is 0 Å². The summed E-state index contributed by atoms with van der Waals surface area (Å²) in [6, 6.07) is 13.0. The van der Waals surface area contributed by atoms with Gasteiger partial charge >= 0.3 is 0 Å². The number of carbonyl (C=O) groups is 2. The van der Waals surface area contributed by atoms with E-state index in [-0.39, 0.29) is 11.3 Å². The number of carbonyl (C=O) groups excluding carboxylic acids is 2. The van der Waals surface area contributed by atoms with E-state index in [9.17, 15) is 19.7 Å². The van der Waals surface area contributed by atoms with Gasteiger partial charge in [-0.15, -0.1) is 0 Å². The van der Waals surface area contributed by atoms with Crippen molar-refractivity contribution in [3.63, 3.8) is 0 Å². The number of nitrogens with zero attached hydrogens (tertiary/aromatic N) is 1. The molecule has 0 aliphatic rings. The van der Waals surface area contributed by atoms with Gasteiger partial charge in [-0.25, -0.2) is 0 Å². The largest absolute Gasteiger partial charge is 0.282 e. The number of aryl methyl sites for hydroxylation is 1. The Bertz CT molecular complexity index is 798. The Morgan fingerprint density at radius 1 is 1.04 bits per heavy atom. The third kappa shape index (κ3) is 4.51. The van der Waals surface area contributed by atoms with Crippen LogP contribution < -0.4 is 10.9 Å². The number of rotatable bonds is 4. The van der Waals surface area contributed by atoms with Gasteiger partial charge in [0.25, 0.3) is 17.5 Å². The van der Waals surface area contributed by atoms with Gasteiger partial charge in [-0.1, -0.05) is 42.0 Å². The SMILES string of the molecule is Cc1ccc(/C=C/C(=O)NNC(=O)c2ccccc2[N+](=O)[O-])cc1. The van der Waals surface area contributed by atoms with Crippen molar-refractivity contribution in [2.45, 2.75) is 6.92 Å². The lowest BCUT2D eigenvalue weighted by atomic mass is 10.1. The summed E-state index contributed by atoms with van der Waals surface area (Å²) in [6.45, 7) is 1.96. The molecule has 0 saturated carbocycles. The quantitative estimate of drug-likeness (QED) is 0.512. The second-order valence-corrected chi connectivity index (χ2v) is 4.96. The molecule has 0 aliphatic carbocycles. The number of benzene rings is 2. The van der Waals surface area contributed by atoms with Gasteiger partial charge in [-0.05, 0) is 24.6 Å². The third-order valence-corrected chi connectivity index (χ3v) is 3.15. The fourth-order valence-corrected chi connectivity index (χ4v) is 1.90. The normalized spacial score (nSPS) is 10.4. The van der Waals surface area contributed by atoms with E-state index >= 15 is 0 Å². The molecule has 2 aromatic rings. The minimum absolute atomic E-state index is 0.134. The van der Waals surface area contributed by atoms with Crippen molar-refractivity contribution in [3.05, 3.63) is 81.4 Å². The number of hydrogen-bond donors (Lipinski definition) is 2. The van der Waals surface area contributed by atoms with E-state index in [0.717, 1.165) is 11.1 Å². The number of nitro groups is 1. The standard InChI is InChI=1S/C17H15N3O4/c1-12-6-8-13(9-7-12)10-11-16(21)18-19-17(22)14-4-2-3-5-15(14)20(23)24/h2-11H,1H3,(H,18,21)(H,19,22)/b11-10+. The molecule has 2 amide bonds. The molecule has 24 heavy (non-hydrogen) atoms. The number of hydrazine groups is 1. The molecular weight excluding hydrogens is 310 g/mol. The summed E-state index contributed by atoms with van der Waals surface area (Å²) in [4.78, 5) is 33.8. The summed E-state index contributed by atoms with van der Waals surface area (Å²) >= 11 is 0. The monoisotopic (exact) mass is 325 g/mol. The van der Waals surface area contributed by atoms with Crippen LogP contribution >= 0.6 is 0 Å². The molecule has 0 atom stereocenters. The van der Waals surface area contributed by atoms with Crippen LogP contribution in [0.25, 0.3) is 6.08 Å². The number of hydrogen-bond acceptors (Lipinski definition) is 4. The van der Waals surface area contributed by atoms with Gasteiger partial charge in [0.1, 0.15) is 5.56 Å². The maximum atomic E-state index is 11.9. The molecule has 7 nitrogen and oxygen atoms in total. The lowest BCUT2D eigenvalue weighted by molar-refractivity contribution is -0.385. The average molecular weight is 325 g/mol. The highest BCUT2D eigenvalue weighted by atomic mass is 16.6. The lowest BCUT2D eigenvalue weighted by Gasteiger charge is -2.05. The van der Waals surface area contributed by atoms with E-state index in [4.69, 9.17) is 0 Å². The highest BCUT2D eigenvalue weighted by Crippen LogP contribution is 2.16. The van der Waals surface area contributed by atoms with E-state index < -0.39 is 16.7 Å². The molecule has 2 N–H and O–H groups in total. The highest BCUT2D eigenvalue weighted by Gasteiger charge is 2.19. The van der Waals surface area contributed by atoms with Crippen LogP contribution in [0.2, 0.25) is 0 Å². The Kier molecular flexibility index (Phi) is 5.40. The molecule has 0 bridgehead atoms. The van der Waals surface area contributed by atoms with E-state index in [2.05, 4.69) is 10.9 Å². The number of para-hydroxylation sites is 1. The molecule has 0 heterocycles. The minimum Gasteiger partial charge on any atom is -0.268 e. The second kappa shape index (κ2) is 7.68. The molecule has 7 heteroatoms. The summed E-state index contributed by atoms with van der Waals surface area (Å²) in [5.41, 5.74) is 5.80. The van der Waals surface area contributed by atoms with Crippen molar-refractivity contribution in [2.75, 3.05) is 0 Å². The smallest absolute Gasteiger partial charge is 0.268 e. The molecule has 2 rings (SSSR count). The number of nitro benzene ring substituents is 1. The van der Waals surface area contributed by atoms with Crippen LogP contribution in [0.15, 0.2) is 54.6 Å². The molecular formula is C17H15N3O4. The molecule has 0 aromatic heterocycles. The van der Waals surface area contributed by atoms with E-state index in [1.807, 2.05) is 31.2 Å². The van der Waals surface area contributed by atoms with Gasteiger partial charge in [0, 0.05) is 12.1 Å². The van der Waals surface area contributed by atoms with E-state index in [1.54, 1.807) is 6.08 Å². The lowest BCUT2D eigenvalue weighted by Crippen LogP contribution is -2.40. The Morgan fingerprint density at radius 3 is 2.38 bits per heavy atom. The maximum absolute atomic E-state index is 11.9. The third-order valence-electron chi connectivity index (χ3n) is 3.15. The summed E-state index contributed by atoms with van der Waals surface area (Å²) in [6.07, 6.45) is 2.84. The molecule has 0 radical (unpaired) electrons. The van der Waals surface area contributed by atoms with Gasteiger partial charge in [0.05, 0.1) is 4.92 Å². The van der Waals surface area contributed by atoms with Crippen LogP contribution in [0.5, 0.6) is 0 Å². The van der Waals surface area contributed by atoms with Crippen molar-refractivity contribution in [2.24, 2.45) is 0 Å². The molecule has 0 spiro atoms. The summed E-state index contributed by atoms with van der Waals surface area (Å²) in [5, 5.41) is 10.9. The number of amides is 2. The molecule has 0 saturated heterocycles. The Morgan fingerprint density at radius 2 is 1.71 bits per heavy atom. The van der Waals surface area contributed by atoms with Crippen LogP contribution in [0.4, 0.5) is 5.69 Å². The van der Waals surface area contributed by atoms with Crippen molar-refractivity contribution >= 4 is 23.6 Å². The van der Waals surface area contributed by atoms with E-state index in [1.165, 1.54) is 30.3 Å². The molecule has 122 valence electrons.